The van der Waals surface area contributed by atoms with Crippen LogP contribution in [-0.4, -0.2) is 18.8 Å². The van der Waals surface area contributed by atoms with Crippen LogP contribution in [0.4, 0.5) is 0 Å². The van der Waals surface area contributed by atoms with Crippen molar-refractivity contribution >= 4 is 0 Å². The molecule has 0 amide bonds. The molecule has 2 saturated carbocycles. The van der Waals surface area contributed by atoms with Crippen LogP contribution < -0.4 is 5.73 Å². The van der Waals surface area contributed by atoms with Gasteiger partial charge in [0.05, 0.1) is 5.60 Å². The summed E-state index contributed by atoms with van der Waals surface area (Å²) in [4.78, 5) is 0. The van der Waals surface area contributed by atoms with E-state index in [1.165, 1.54) is 44.9 Å². The minimum absolute atomic E-state index is 0.0442. The molecule has 2 heteroatoms. The van der Waals surface area contributed by atoms with Crippen LogP contribution in [0.2, 0.25) is 0 Å². The molecule has 76 valence electrons. The largest absolute Gasteiger partial charge is 0.377 e. The molecule has 1 atom stereocenters. The first-order valence-electron chi connectivity index (χ1n) is 5.57. The Labute approximate surface area is 80.8 Å². The maximum Gasteiger partial charge on any atom is 0.0828 e. The molecule has 0 aromatic heterocycles. The second-order valence-electron chi connectivity index (χ2n) is 4.76. The normalized spacial score (nSPS) is 29.1. The zero-order valence-corrected chi connectivity index (χ0v) is 8.59. The van der Waals surface area contributed by atoms with Crippen LogP contribution in [0.5, 0.6) is 0 Å². The molecule has 0 radical (unpaired) electrons. The fourth-order valence-corrected chi connectivity index (χ4v) is 2.63. The third kappa shape index (κ3) is 1.89. The van der Waals surface area contributed by atoms with Gasteiger partial charge >= 0.3 is 0 Å². The highest BCUT2D eigenvalue weighted by molar-refractivity contribution is 4.97. The average molecular weight is 183 g/mol. The van der Waals surface area contributed by atoms with E-state index < -0.39 is 0 Å². The van der Waals surface area contributed by atoms with E-state index >= 15 is 0 Å². The Hall–Kier alpha value is -0.0800. The second-order valence-corrected chi connectivity index (χ2v) is 4.76. The predicted molar refractivity (Wildman–Crippen MR) is 53.5 cm³/mol. The summed E-state index contributed by atoms with van der Waals surface area (Å²) in [6.45, 7) is 0. The lowest BCUT2D eigenvalue weighted by molar-refractivity contribution is -0.0286. The van der Waals surface area contributed by atoms with Gasteiger partial charge in [0.15, 0.2) is 0 Å². The summed E-state index contributed by atoms with van der Waals surface area (Å²) in [5.74, 6) is 0.919. The van der Waals surface area contributed by atoms with Crippen LogP contribution >= 0.6 is 0 Å². The van der Waals surface area contributed by atoms with Gasteiger partial charge in [-0.25, -0.2) is 0 Å². The smallest absolute Gasteiger partial charge is 0.0828 e. The molecule has 0 heterocycles. The van der Waals surface area contributed by atoms with Crippen molar-refractivity contribution in [3.8, 4) is 0 Å². The van der Waals surface area contributed by atoms with E-state index in [-0.39, 0.29) is 11.6 Å². The Bertz CT molecular complexity index is 171. The van der Waals surface area contributed by atoms with Gasteiger partial charge in [0.1, 0.15) is 0 Å². The number of hydrogen-bond donors (Lipinski definition) is 1. The Morgan fingerprint density at radius 3 is 2.46 bits per heavy atom. The molecule has 0 aliphatic heterocycles. The van der Waals surface area contributed by atoms with Gasteiger partial charge in [-0.2, -0.15) is 0 Å². The Balaban J connectivity index is 1.92. The Kier molecular flexibility index (Phi) is 2.61. The number of rotatable bonds is 4. The monoisotopic (exact) mass is 183 g/mol. The summed E-state index contributed by atoms with van der Waals surface area (Å²) >= 11 is 0. The summed E-state index contributed by atoms with van der Waals surface area (Å²) in [6, 6.07) is 0.285. The fraction of sp³-hybridized carbons (Fsp3) is 1.00. The molecule has 2 rings (SSSR count). The molecule has 2 fully saturated rings. The van der Waals surface area contributed by atoms with Gasteiger partial charge in [-0.3, -0.25) is 0 Å². The molecule has 2 aliphatic rings. The van der Waals surface area contributed by atoms with Crippen LogP contribution in [0, 0.1) is 5.92 Å². The lowest BCUT2D eigenvalue weighted by Gasteiger charge is -2.34. The summed E-state index contributed by atoms with van der Waals surface area (Å²) in [5, 5.41) is 0. The summed E-state index contributed by atoms with van der Waals surface area (Å²) in [7, 11) is 1.83. The minimum Gasteiger partial charge on any atom is -0.377 e. The molecule has 0 spiro atoms. The maximum absolute atomic E-state index is 6.24. The van der Waals surface area contributed by atoms with Crippen molar-refractivity contribution in [1.82, 2.24) is 0 Å². The van der Waals surface area contributed by atoms with Crippen molar-refractivity contribution in [2.24, 2.45) is 11.7 Å². The third-order valence-electron chi connectivity index (χ3n) is 3.82. The first-order valence-corrected chi connectivity index (χ1v) is 5.57. The van der Waals surface area contributed by atoms with Crippen LogP contribution in [-0.2, 0) is 4.74 Å². The van der Waals surface area contributed by atoms with Crippen LogP contribution in [0.25, 0.3) is 0 Å². The molecule has 2 nitrogen and oxygen atoms in total. The van der Waals surface area contributed by atoms with E-state index in [1.54, 1.807) is 0 Å². The van der Waals surface area contributed by atoms with Gasteiger partial charge in [0, 0.05) is 13.2 Å². The van der Waals surface area contributed by atoms with Crippen molar-refractivity contribution in [2.75, 3.05) is 7.11 Å². The molecule has 1 unspecified atom stereocenters. The van der Waals surface area contributed by atoms with Gasteiger partial charge < -0.3 is 10.5 Å². The molecule has 0 bridgehead atoms. The molecule has 0 aromatic rings. The minimum atomic E-state index is 0.0442. The molecule has 2 aliphatic carbocycles. The zero-order chi connectivity index (χ0) is 9.31. The maximum atomic E-state index is 6.24. The molecular formula is C11H21NO. The summed E-state index contributed by atoms with van der Waals surface area (Å²) < 4.78 is 5.66. The standard InChI is InChI=1S/C11H21NO/c1-13-11(6-2-3-7-11)10(12)8-9-4-5-9/h9-10H,2-8,12H2,1H3. The highest BCUT2D eigenvalue weighted by Gasteiger charge is 2.41. The Morgan fingerprint density at radius 2 is 2.00 bits per heavy atom. The zero-order valence-electron chi connectivity index (χ0n) is 8.59. The molecule has 0 aromatic carbocycles. The van der Waals surface area contributed by atoms with E-state index in [0.29, 0.717) is 0 Å². The second kappa shape index (κ2) is 3.58. The number of ether oxygens (including phenoxy) is 1. The van der Waals surface area contributed by atoms with Gasteiger partial charge in [0.2, 0.25) is 0 Å². The third-order valence-corrected chi connectivity index (χ3v) is 3.82. The van der Waals surface area contributed by atoms with Crippen molar-refractivity contribution in [3.63, 3.8) is 0 Å². The van der Waals surface area contributed by atoms with Gasteiger partial charge in [-0.05, 0) is 25.2 Å². The predicted octanol–water partition coefficient (Wildman–Crippen LogP) is 2.07. The van der Waals surface area contributed by atoms with Crippen LogP contribution in [0.15, 0.2) is 0 Å². The number of hydrogen-bond acceptors (Lipinski definition) is 2. The van der Waals surface area contributed by atoms with E-state index in [4.69, 9.17) is 10.5 Å². The summed E-state index contributed by atoms with van der Waals surface area (Å²) in [5.41, 5.74) is 6.28. The lowest BCUT2D eigenvalue weighted by atomic mass is 9.89. The number of nitrogens with two attached hydrogens (primary N) is 1. The molecular weight excluding hydrogens is 162 g/mol. The highest BCUT2D eigenvalue weighted by Crippen LogP contribution is 2.41. The summed E-state index contributed by atoms with van der Waals surface area (Å²) in [6.07, 6.45) is 8.93. The van der Waals surface area contributed by atoms with Gasteiger partial charge in [-0.1, -0.05) is 25.7 Å². The van der Waals surface area contributed by atoms with E-state index in [2.05, 4.69) is 0 Å². The molecule has 13 heavy (non-hydrogen) atoms. The molecule has 0 saturated heterocycles. The average Bonchev–Trinajstić information content (AvgIpc) is 2.83. The Morgan fingerprint density at radius 1 is 1.38 bits per heavy atom. The topological polar surface area (TPSA) is 35.2 Å². The van der Waals surface area contributed by atoms with E-state index in [1.807, 2.05) is 7.11 Å². The van der Waals surface area contributed by atoms with Crippen molar-refractivity contribution < 1.29 is 4.74 Å². The number of methoxy groups -OCH3 is 1. The van der Waals surface area contributed by atoms with Crippen LogP contribution in [0.1, 0.15) is 44.9 Å². The van der Waals surface area contributed by atoms with Gasteiger partial charge in [0.25, 0.3) is 0 Å². The van der Waals surface area contributed by atoms with Gasteiger partial charge in [-0.15, -0.1) is 0 Å². The first kappa shape index (κ1) is 9.47. The van der Waals surface area contributed by atoms with E-state index in [9.17, 15) is 0 Å². The SMILES string of the molecule is COC1(C(N)CC2CC2)CCCC1. The van der Waals surface area contributed by atoms with Crippen molar-refractivity contribution in [2.45, 2.75) is 56.6 Å². The molecule has 2 N–H and O–H groups in total. The van der Waals surface area contributed by atoms with Crippen molar-refractivity contribution in [3.05, 3.63) is 0 Å². The lowest BCUT2D eigenvalue weighted by Crippen LogP contribution is -2.47. The fourth-order valence-electron chi connectivity index (χ4n) is 2.63. The first-order chi connectivity index (χ1) is 6.27. The van der Waals surface area contributed by atoms with Crippen LogP contribution in [0.3, 0.4) is 0 Å². The quantitative estimate of drug-likeness (QED) is 0.724. The van der Waals surface area contributed by atoms with E-state index in [0.717, 1.165) is 5.92 Å². The highest BCUT2D eigenvalue weighted by atomic mass is 16.5. The van der Waals surface area contributed by atoms with Crippen molar-refractivity contribution in [1.29, 1.82) is 0 Å².